The van der Waals surface area contributed by atoms with E-state index in [4.69, 9.17) is 5.26 Å². The maximum atomic E-state index is 13.4. The van der Waals surface area contributed by atoms with E-state index >= 15 is 0 Å². The van der Waals surface area contributed by atoms with Crippen molar-refractivity contribution in [3.05, 3.63) is 114 Å². The molecule has 6 heteroatoms. The van der Waals surface area contributed by atoms with Crippen LogP contribution in [0.5, 0.6) is 0 Å². The van der Waals surface area contributed by atoms with E-state index in [9.17, 15) is 4.79 Å². The lowest BCUT2D eigenvalue weighted by Crippen LogP contribution is -2.35. The molecule has 1 aromatic heterocycles. The van der Waals surface area contributed by atoms with Crippen LogP contribution in [0, 0.1) is 11.3 Å². The summed E-state index contributed by atoms with van der Waals surface area (Å²) in [6, 6.07) is 27.9. The average Bonchev–Trinajstić information content (AvgIpc) is 3.57. The standard InChI is InChI=1S/C29H27N5O/c30-16-22-10-12-23(13-11-22)19-34-21-31-17-26(34)18-32-25-14-15-33(20-25)29(35)28-9-5-4-8-27(28)24-6-2-1-3-7-24/h1-13,17,21,25,32H,14-15,18-20H2/t25-/m0/s1. The lowest BCUT2D eigenvalue weighted by Gasteiger charge is -2.19. The van der Waals surface area contributed by atoms with Crippen LogP contribution < -0.4 is 5.32 Å². The molecule has 1 aliphatic rings. The van der Waals surface area contributed by atoms with Crippen LogP contribution in [-0.4, -0.2) is 39.5 Å². The predicted octanol–water partition coefficient (Wildman–Crippen LogP) is 4.47. The lowest BCUT2D eigenvalue weighted by molar-refractivity contribution is 0.0790. The minimum Gasteiger partial charge on any atom is -0.337 e. The molecule has 4 aromatic rings. The molecule has 174 valence electrons. The fourth-order valence-corrected chi connectivity index (χ4v) is 4.59. The van der Waals surface area contributed by atoms with E-state index in [2.05, 4.69) is 20.9 Å². The van der Waals surface area contributed by atoms with E-state index in [1.807, 2.05) is 96.3 Å². The van der Waals surface area contributed by atoms with Gasteiger partial charge in [-0.2, -0.15) is 5.26 Å². The Kier molecular flexibility index (Phi) is 6.69. The Morgan fingerprint density at radius 1 is 1.03 bits per heavy atom. The first-order valence-electron chi connectivity index (χ1n) is 11.9. The Morgan fingerprint density at radius 2 is 1.80 bits per heavy atom. The number of nitrogens with one attached hydrogen (secondary N) is 1. The van der Waals surface area contributed by atoms with Crippen molar-refractivity contribution >= 4 is 5.91 Å². The fraction of sp³-hybridized carbons (Fsp3) is 0.207. The van der Waals surface area contributed by atoms with E-state index in [0.717, 1.165) is 40.9 Å². The van der Waals surface area contributed by atoms with Crippen LogP contribution in [-0.2, 0) is 13.1 Å². The molecule has 1 amide bonds. The minimum absolute atomic E-state index is 0.0830. The average molecular weight is 462 g/mol. The molecule has 0 saturated carbocycles. The van der Waals surface area contributed by atoms with Crippen LogP contribution in [0.4, 0.5) is 0 Å². The third kappa shape index (κ3) is 5.16. The molecule has 1 N–H and O–H groups in total. The van der Waals surface area contributed by atoms with Gasteiger partial charge in [-0.25, -0.2) is 4.98 Å². The number of nitriles is 1. The summed E-state index contributed by atoms with van der Waals surface area (Å²) in [5.74, 6) is 0.0830. The Labute approximate surface area is 205 Å². The Bertz CT molecular complexity index is 1340. The van der Waals surface area contributed by atoms with Gasteiger partial charge in [0.1, 0.15) is 0 Å². The normalized spacial score (nSPS) is 15.2. The smallest absolute Gasteiger partial charge is 0.254 e. The van der Waals surface area contributed by atoms with Gasteiger partial charge in [-0.3, -0.25) is 4.79 Å². The summed E-state index contributed by atoms with van der Waals surface area (Å²) in [5.41, 5.74) is 5.65. The summed E-state index contributed by atoms with van der Waals surface area (Å²) >= 11 is 0. The summed E-state index contributed by atoms with van der Waals surface area (Å²) in [6.45, 7) is 2.81. The van der Waals surface area contributed by atoms with Crippen LogP contribution >= 0.6 is 0 Å². The number of carbonyl (C=O) groups is 1. The second-order valence-electron chi connectivity index (χ2n) is 8.85. The second-order valence-corrected chi connectivity index (χ2v) is 8.85. The van der Waals surface area contributed by atoms with Crippen molar-refractivity contribution in [2.75, 3.05) is 13.1 Å². The second kappa shape index (κ2) is 10.4. The minimum atomic E-state index is 0.0830. The number of hydrogen-bond acceptors (Lipinski definition) is 4. The highest BCUT2D eigenvalue weighted by Gasteiger charge is 2.28. The fourth-order valence-electron chi connectivity index (χ4n) is 4.59. The van der Waals surface area contributed by atoms with Crippen LogP contribution in [0.15, 0.2) is 91.4 Å². The Balaban J connectivity index is 1.20. The van der Waals surface area contributed by atoms with Crippen molar-refractivity contribution < 1.29 is 4.79 Å². The molecule has 1 atom stereocenters. The third-order valence-corrected chi connectivity index (χ3v) is 6.52. The molecule has 1 saturated heterocycles. The highest BCUT2D eigenvalue weighted by molar-refractivity contribution is 6.01. The Hall–Kier alpha value is -4.21. The van der Waals surface area contributed by atoms with Gasteiger partial charge in [-0.15, -0.1) is 0 Å². The summed E-state index contributed by atoms with van der Waals surface area (Å²) in [4.78, 5) is 19.7. The third-order valence-electron chi connectivity index (χ3n) is 6.52. The van der Waals surface area contributed by atoms with Crippen molar-refractivity contribution in [1.82, 2.24) is 19.8 Å². The summed E-state index contributed by atoms with van der Waals surface area (Å²) in [5, 5.41) is 12.6. The van der Waals surface area contributed by atoms with Gasteiger partial charge in [-0.1, -0.05) is 60.7 Å². The number of rotatable bonds is 7. The molecule has 35 heavy (non-hydrogen) atoms. The topological polar surface area (TPSA) is 74.0 Å². The SMILES string of the molecule is N#Cc1ccc(Cn2cncc2CN[C@H]2CCN(C(=O)c3ccccc3-c3ccccc3)C2)cc1. The monoisotopic (exact) mass is 461 g/mol. The molecule has 0 aliphatic carbocycles. The van der Waals surface area contributed by atoms with Gasteiger partial charge in [0.25, 0.3) is 5.91 Å². The molecular weight excluding hydrogens is 434 g/mol. The number of amides is 1. The van der Waals surface area contributed by atoms with Crippen LogP contribution in [0.1, 0.15) is 33.6 Å². The van der Waals surface area contributed by atoms with Crippen molar-refractivity contribution in [2.45, 2.75) is 25.6 Å². The van der Waals surface area contributed by atoms with Crippen molar-refractivity contribution in [3.8, 4) is 17.2 Å². The molecule has 5 rings (SSSR count). The zero-order chi connectivity index (χ0) is 24.0. The number of imidazole rings is 1. The number of aromatic nitrogens is 2. The maximum Gasteiger partial charge on any atom is 0.254 e. The largest absolute Gasteiger partial charge is 0.337 e. The van der Waals surface area contributed by atoms with E-state index in [1.165, 1.54) is 0 Å². The van der Waals surface area contributed by atoms with Gasteiger partial charge in [0.2, 0.25) is 0 Å². The lowest BCUT2D eigenvalue weighted by atomic mass is 9.99. The van der Waals surface area contributed by atoms with E-state index in [1.54, 1.807) is 0 Å². The quantitative estimate of drug-likeness (QED) is 0.441. The Morgan fingerprint density at radius 3 is 2.60 bits per heavy atom. The van der Waals surface area contributed by atoms with Crippen molar-refractivity contribution in [3.63, 3.8) is 0 Å². The molecule has 0 spiro atoms. The summed E-state index contributed by atoms with van der Waals surface area (Å²) in [7, 11) is 0. The van der Waals surface area contributed by atoms with E-state index in [0.29, 0.717) is 25.2 Å². The maximum absolute atomic E-state index is 13.4. The number of hydrogen-bond donors (Lipinski definition) is 1. The highest BCUT2D eigenvalue weighted by atomic mass is 16.2. The number of benzene rings is 3. The molecule has 1 fully saturated rings. The summed E-state index contributed by atoms with van der Waals surface area (Å²) in [6.07, 6.45) is 4.63. The highest BCUT2D eigenvalue weighted by Crippen LogP contribution is 2.26. The number of nitrogens with zero attached hydrogens (tertiary/aromatic N) is 4. The van der Waals surface area contributed by atoms with Crippen LogP contribution in [0.25, 0.3) is 11.1 Å². The molecule has 1 aliphatic heterocycles. The van der Waals surface area contributed by atoms with Gasteiger partial charge < -0.3 is 14.8 Å². The van der Waals surface area contributed by atoms with Gasteiger partial charge in [0.05, 0.1) is 23.7 Å². The zero-order valence-corrected chi connectivity index (χ0v) is 19.5. The van der Waals surface area contributed by atoms with Crippen molar-refractivity contribution in [2.24, 2.45) is 0 Å². The molecule has 0 radical (unpaired) electrons. The van der Waals surface area contributed by atoms with E-state index in [-0.39, 0.29) is 11.9 Å². The first-order valence-corrected chi connectivity index (χ1v) is 11.9. The molecule has 3 aromatic carbocycles. The van der Waals surface area contributed by atoms with Crippen LogP contribution in [0.3, 0.4) is 0 Å². The number of likely N-dealkylation sites (tertiary alicyclic amines) is 1. The molecule has 6 nitrogen and oxygen atoms in total. The predicted molar refractivity (Wildman–Crippen MR) is 136 cm³/mol. The van der Waals surface area contributed by atoms with E-state index < -0.39 is 0 Å². The zero-order valence-electron chi connectivity index (χ0n) is 19.5. The number of carbonyl (C=O) groups excluding carboxylic acids is 1. The molecule has 0 unspecified atom stereocenters. The van der Waals surface area contributed by atoms with Gasteiger partial charge in [-0.05, 0) is 41.3 Å². The van der Waals surface area contributed by atoms with Gasteiger partial charge in [0, 0.05) is 44.0 Å². The van der Waals surface area contributed by atoms with Crippen LogP contribution in [0.2, 0.25) is 0 Å². The van der Waals surface area contributed by atoms with Gasteiger partial charge in [0.15, 0.2) is 0 Å². The molecule has 0 bridgehead atoms. The first-order chi connectivity index (χ1) is 17.2. The molecule has 2 heterocycles. The van der Waals surface area contributed by atoms with Gasteiger partial charge >= 0.3 is 0 Å². The molecular formula is C29H27N5O. The summed E-state index contributed by atoms with van der Waals surface area (Å²) < 4.78 is 2.11. The van der Waals surface area contributed by atoms with Crippen molar-refractivity contribution in [1.29, 1.82) is 5.26 Å². The first kappa shape index (κ1) is 22.6.